The number of aromatic nitrogens is 2. The average molecular weight is 417 g/mol. The highest BCUT2D eigenvalue weighted by molar-refractivity contribution is 7.89. The molecule has 27 heavy (non-hydrogen) atoms. The largest absolute Gasteiger partial charge is 0.330 e. The van der Waals surface area contributed by atoms with Crippen LogP contribution in [-0.4, -0.2) is 24.1 Å². The highest BCUT2D eigenvalue weighted by Crippen LogP contribution is 2.17. The van der Waals surface area contributed by atoms with Crippen molar-refractivity contribution in [3.05, 3.63) is 62.4 Å². The number of benzene rings is 1. The first-order valence-corrected chi connectivity index (χ1v) is 9.64. The molecule has 1 aromatic carbocycles. The molecular formula is C17H25ClN4O4S. The van der Waals surface area contributed by atoms with Gasteiger partial charge in [0, 0.05) is 32.9 Å². The van der Waals surface area contributed by atoms with Crippen molar-refractivity contribution in [2.45, 2.75) is 30.7 Å². The molecule has 1 atom stereocenters. The Hall–Kier alpha value is -1.94. The first-order valence-electron chi connectivity index (χ1n) is 8.16. The zero-order valence-electron chi connectivity index (χ0n) is 15.7. The molecule has 10 heteroatoms. The second-order valence-corrected chi connectivity index (χ2v) is 8.27. The molecule has 0 aliphatic carbocycles. The van der Waals surface area contributed by atoms with Gasteiger partial charge >= 0.3 is 5.69 Å². The molecule has 150 valence electrons. The standard InChI is InChI=1S/C17H24N4O4S.ClH/c1-11(2)12-5-7-13(8-6-12)14(18)9-19-26(24,25)15-10-20(3)17(23)21(4)16(15)22;/h5-8,10-11,14,19H,9,18H2,1-4H3;1H. The van der Waals surface area contributed by atoms with Crippen LogP contribution in [0.15, 0.2) is 44.9 Å². The first kappa shape index (κ1) is 23.1. The highest BCUT2D eigenvalue weighted by Gasteiger charge is 2.22. The Balaban J connectivity index is 0.00000364. The number of sulfonamides is 1. The van der Waals surface area contributed by atoms with Gasteiger partial charge < -0.3 is 10.3 Å². The van der Waals surface area contributed by atoms with E-state index in [-0.39, 0.29) is 19.0 Å². The lowest BCUT2D eigenvalue weighted by Crippen LogP contribution is -2.42. The SMILES string of the molecule is CC(C)c1ccc(C(N)CNS(=O)(=O)c2cn(C)c(=O)n(C)c2=O)cc1.Cl. The molecule has 1 aromatic heterocycles. The van der Waals surface area contributed by atoms with Crippen LogP contribution >= 0.6 is 12.4 Å². The van der Waals surface area contributed by atoms with E-state index in [0.717, 1.165) is 26.5 Å². The average Bonchev–Trinajstić information content (AvgIpc) is 2.60. The van der Waals surface area contributed by atoms with E-state index in [2.05, 4.69) is 18.6 Å². The number of halogens is 1. The molecule has 0 spiro atoms. The van der Waals surface area contributed by atoms with Crippen molar-refractivity contribution in [3.63, 3.8) is 0 Å². The summed E-state index contributed by atoms with van der Waals surface area (Å²) in [7, 11) is -1.49. The van der Waals surface area contributed by atoms with E-state index < -0.39 is 32.2 Å². The summed E-state index contributed by atoms with van der Waals surface area (Å²) in [5.74, 6) is 0.389. The van der Waals surface area contributed by atoms with Crippen molar-refractivity contribution in [3.8, 4) is 0 Å². The molecule has 2 aromatic rings. The van der Waals surface area contributed by atoms with Gasteiger partial charge in [0.1, 0.15) is 0 Å². The maximum atomic E-state index is 12.5. The van der Waals surface area contributed by atoms with Crippen LogP contribution in [0.25, 0.3) is 0 Å². The van der Waals surface area contributed by atoms with E-state index >= 15 is 0 Å². The topological polar surface area (TPSA) is 116 Å². The predicted molar refractivity (Wildman–Crippen MR) is 107 cm³/mol. The van der Waals surface area contributed by atoms with Crippen LogP contribution in [0.4, 0.5) is 0 Å². The number of hydrogen-bond donors (Lipinski definition) is 2. The molecule has 8 nitrogen and oxygen atoms in total. The molecule has 0 radical (unpaired) electrons. The van der Waals surface area contributed by atoms with Gasteiger partial charge in [0.2, 0.25) is 10.0 Å². The van der Waals surface area contributed by atoms with E-state index in [1.54, 1.807) is 0 Å². The Morgan fingerprint density at radius 1 is 1.07 bits per heavy atom. The minimum absolute atomic E-state index is 0. The number of hydrogen-bond acceptors (Lipinski definition) is 5. The van der Waals surface area contributed by atoms with Crippen molar-refractivity contribution in [1.29, 1.82) is 0 Å². The molecular weight excluding hydrogens is 392 g/mol. The molecule has 0 saturated carbocycles. The molecule has 0 bridgehead atoms. The number of nitrogens with zero attached hydrogens (tertiary/aromatic N) is 2. The Morgan fingerprint density at radius 3 is 2.11 bits per heavy atom. The molecule has 1 unspecified atom stereocenters. The van der Waals surface area contributed by atoms with Crippen molar-refractivity contribution in [1.82, 2.24) is 13.9 Å². The Labute approximate surface area is 164 Å². The maximum Gasteiger partial charge on any atom is 0.330 e. The molecule has 1 heterocycles. The maximum absolute atomic E-state index is 12.5. The Bertz CT molecular complexity index is 1010. The highest BCUT2D eigenvalue weighted by atomic mass is 35.5. The van der Waals surface area contributed by atoms with E-state index in [1.807, 2.05) is 24.3 Å². The normalized spacial score (nSPS) is 12.7. The summed E-state index contributed by atoms with van der Waals surface area (Å²) in [6, 6.07) is 7.06. The monoisotopic (exact) mass is 416 g/mol. The lowest BCUT2D eigenvalue weighted by Gasteiger charge is -2.15. The summed E-state index contributed by atoms with van der Waals surface area (Å²) < 4.78 is 29.0. The third-order valence-corrected chi connectivity index (χ3v) is 5.63. The van der Waals surface area contributed by atoms with E-state index in [4.69, 9.17) is 5.73 Å². The summed E-state index contributed by atoms with van der Waals surface area (Å²) in [5.41, 5.74) is 6.53. The van der Waals surface area contributed by atoms with Gasteiger partial charge in [-0.2, -0.15) is 0 Å². The van der Waals surface area contributed by atoms with Crippen LogP contribution < -0.4 is 21.7 Å². The fraction of sp³-hybridized carbons (Fsp3) is 0.412. The number of aryl methyl sites for hydroxylation is 1. The van der Waals surface area contributed by atoms with Gasteiger partial charge in [-0.25, -0.2) is 17.9 Å². The fourth-order valence-electron chi connectivity index (χ4n) is 2.48. The van der Waals surface area contributed by atoms with Crippen molar-refractivity contribution >= 4 is 22.4 Å². The third kappa shape index (κ3) is 5.07. The zero-order chi connectivity index (χ0) is 19.6. The smallest absolute Gasteiger partial charge is 0.323 e. The summed E-state index contributed by atoms with van der Waals surface area (Å²) in [6.07, 6.45) is 1.01. The molecule has 0 amide bonds. The molecule has 3 N–H and O–H groups in total. The van der Waals surface area contributed by atoms with Crippen LogP contribution in [0.5, 0.6) is 0 Å². The lowest BCUT2D eigenvalue weighted by atomic mass is 9.99. The number of nitrogens with one attached hydrogen (secondary N) is 1. The van der Waals surface area contributed by atoms with Gasteiger partial charge in [-0.3, -0.25) is 9.36 Å². The zero-order valence-corrected chi connectivity index (χ0v) is 17.3. The molecule has 0 fully saturated rings. The van der Waals surface area contributed by atoms with Crippen LogP contribution in [0.1, 0.15) is 36.9 Å². The van der Waals surface area contributed by atoms with Crippen molar-refractivity contribution < 1.29 is 8.42 Å². The van der Waals surface area contributed by atoms with Gasteiger partial charge in [0.25, 0.3) is 5.56 Å². The van der Waals surface area contributed by atoms with Gasteiger partial charge in [-0.15, -0.1) is 12.4 Å². The summed E-state index contributed by atoms with van der Waals surface area (Å²) in [4.78, 5) is 23.3. The number of rotatable bonds is 6. The third-order valence-electron chi connectivity index (χ3n) is 4.23. The van der Waals surface area contributed by atoms with E-state index in [1.165, 1.54) is 14.1 Å². The quantitative estimate of drug-likeness (QED) is 0.715. The number of nitrogens with two attached hydrogens (primary N) is 1. The van der Waals surface area contributed by atoms with Crippen LogP contribution in [0, 0.1) is 0 Å². The molecule has 0 aliphatic heterocycles. The minimum atomic E-state index is -4.10. The summed E-state index contributed by atoms with van der Waals surface area (Å²) in [6.45, 7) is 4.09. The van der Waals surface area contributed by atoms with Gasteiger partial charge in [0.15, 0.2) is 4.90 Å². The van der Waals surface area contributed by atoms with Crippen LogP contribution in [0.2, 0.25) is 0 Å². The molecule has 0 saturated heterocycles. The summed E-state index contributed by atoms with van der Waals surface area (Å²) >= 11 is 0. The van der Waals surface area contributed by atoms with E-state index in [9.17, 15) is 18.0 Å². The van der Waals surface area contributed by atoms with Gasteiger partial charge in [0.05, 0.1) is 0 Å². The van der Waals surface area contributed by atoms with Crippen molar-refractivity contribution in [2.24, 2.45) is 19.8 Å². The van der Waals surface area contributed by atoms with E-state index in [0.29, 0.717) is 5.92 Å². The lowest BCUT2D eigenvalue weighted by molar-refractivity contribution is 0.563. The minimum Gasteiger partial charge on any atom is -0.323 e. The van der Waals surface area contributed by atoms with Gasteiger partial charge in [-0.05, 0) is 17.0 Å². The molecule has 0 aliphatic rings. The molecule has 2 rings (SSSR count). The van der Waals surface area contributed by atoms with Crippen LogP contribution in [0.3, 0.4) is 0 Å². The Morgan fingerprint density at radius 2 is 1.59 bits per heavy atom. The predicted octanol–water partition coefficient (Wildman–Crippen LogP) is 0.608. The Kier molecular flexibility index (Phi) is 7.56. The second kappa shape index (κ2) is 8.83. The fourth-order valence-corrected chi connectivity index (χ4v) is 3.70. The van der Waals surface area contributed by atoms with Crippen molar-refractivity contribution in [2.75, 3.05) is 6.54 Å². The van der Waals surface area contributed by atoms with Crippen LogP contribution in [-0.2, 0) is 24.1 Å². The summed E-state index contributed by atoms with van der Waals surface area (Å²) in [5, 5.41) is 0. The second-order valence-electron chi connectivity index (χ2n) is 6.53. The first-order chi connectivity index (χ1) is 12.0. The van der Waals surface area contributed by atoms with Gasteiger partial charge in [-0.1, -0.05) is 38.1 Å².